The van der Waals surface area contributed by atoms with Gasteiger partial charge in [0.25, 0.3) is 0 Å². The van der Waals surface area contributed by atoms with E-state index in [0.717, 1.165) is 6.42 Å². The van der Waals surface area contributed by atoms with E-state index < -0.39 is 0 Å². The van der Waals surface area contributed by atoms with Gasteiger partial charge >= 0.3 is 0 Å². The van der Waals surface area contributed by atoms with E-state index in [-0.39, 0.29) is 0 Å². The molecule has 1 aromatic rings. The number of aryl methyl sites for hydroxylation is 1. The van der Waals surface area contributed by atoms with Crippen molar-refractivity contribution in [3.05, 3.63) is 42.3 Å². The molecule has 1 aromatic carbocycles. The molecule has 87 valence electrons. The molecule has 0 heterocycles. The molecule has 0 N–H and O–H groups in total. The molecule has 1 aliphatic carbocycles. The first-order chi connectivity index (χ1) is 7.77. The van der Waals surface area contributed by atoms with Gasteiger partial charge < -0.3 is 0 Å². The van der Waals surface area contributed by atoms with Gasteiger partial charge in [0.15, 0.2) is 0 Å². The Balaban J connectivity index is 2.30. The van der Waals surface area contributed by atoms with Gasteiger partial charge in [-0.15, -0.1) is 0 Å². The molecule has 16 heavy (non-hydrogen) atoms. The Morgan fingerprint density at radius 1 is 1.19 bits per heavy atom. The van der Waals surface area contributed by atoms with Crippen molar-refractivity contribution in [2.24, 2.45) is 0 Å². The molecule has 0 spiro atoms. The van der Waals surface area contributed by atoms with Crippen molar-refractivity contribution in [2.45, 2.75) is 57.3 Å². The molecule has 0 unspecified atom stereocenters. The average Bonchev–Trinajstić information content (AvgIpc) is 2.31. The molecule has 0 heteroatoms. The van der Waals surface area contributed by atoms with Crippen LogP contribution in [0.15, 0.2) is 24.3 Å². The van der Waals surface area contributed by atoms with Crippen molar-refractivity contribution >= 4 is 0 Å². The van der Waals surface area contributed by atoms with Crippen LogP contribution >= 0.6 is 0 Å². The van der Waals surface area contributed by atoms with Crippen molar-refractivity contribution < 1.29 is 0 Å². The Morgan fingerprint density at radius 3 is 2.56 bits per heavy atom. The van der Waals surface area contributed by atoms with Gasteiger partial charge in [-0.05, 0) is 37.2 Å². The summed E-state index contributed by atoms with van der Waals surface area (Å²) in [7, 11) is 0. The Kier molecular flexibility index (Phi) is 3.68. The van der Waals surface area contributed by atoms with E-state index in [1.54, 1.807) is 5.56 Å². The SMILES string of the molecule is [CH2]CCC1(c2cccc(C)c2)CCCCC1. The highest BCUT2D eigenvalue weighted by Gasteiger charge is 2.32. The number of hydrogen-bond acceptors (Lipinski definition) is 0. The third-order valence-corrected chi connectivity index (χ3v) is 4.10. The first kappa shape index (κ1) is 11.7. The standard InChI is InChI=1S/C16H23/c1-3-10-16(11-5-4-6-12-16)15-9-7-8-14(2)13-15/h7-9,13H,1,3-6,10-12H2,2H3. The molecule has 0 aliphatic heterocycles. The summed E-state index contributed by atoms with van der Waals surface area (Å²) in [5, 5.41) is 0. The van der Waals surface area contributed by atoms with Crippen molar-refractivity contribution in [1.82, 2.24) is 0 Å². The lowest BCUT2D eigenvalue weighted by Gasteiger charge is -2.38. The molecule has 1 radical (unpaired) electrons. The highest BCUT2D eigenvalue weighted by atomic mass is 14.4. The molecule has 0 amide bonds. The number of hydrogen-bond donors (Lipinski definition) is 0. The van der Waals surface area contributed by atoms with Crippen LogP contribution in [-0.4, -0.2) is 0 Å². The van der Waals surface area contributed by atoms with Crippen LogP contribution in [0.1, 0.15) is 56.1 Å². The summed E-state index contributed by atoms with van der Waals surface area (Å²) in [5.41, 5.74) is 3.41. The third-order valence-electron chi connectivity index (χ3n) is 4.10. The molecular formula is C16H23. The summed E-state index contributed by atoms with van der Waals surface area (Å²) in [6.07, 6.45) is 9.27. The van der Waals surface area contributed by atoms with Gasteiger partial charge in [-0.3, -0.25) is 0 Å². The lowest BCUT2D eigenvalue weighted by Crippen LogP contribution is -2.28. The smallest absolute Gasteiger partial charge is 0.00469 e. The summed E-state index contributed by atoms with van der Waals surface area (Å²) in [4.78, 5) is 0. The maximum Gasteiger partial charge on any atom is -0.00469 e. The summed E-state index contributed by atoms with van der Waals surface area (Å²) < 4.78 is 0. The van der Waals surface area contributed by atoms with E-state index >= 15 is 0 Å². The van der Waals surface area contributed by atoms with Crippen molar-refractivity contribution in [1.29, 1.82) is 0 Å². The van der Waals surface area contributed by atoms with Crippen LogP contribution in [-0.2, 0) is 5.41 Å². The maximum absolute atomic E-state index is 4.07. The largest absolute Gasteiger partial charge is 0.0617 e. The summed E-state index contributed by atoms with van der Waals surface area (Å²) in [6.45, 7) is 6.27. The molecular weight excluding hydrogens is 192 g/mol. The minimum absolute atomic E-state index is 0.450. The quantitative estimate of drug-likeness (QED) is 0.678. The van der Waals surface area contributed by atoms with Crippen LogP contribution in [0.3, 0.4) is 0 Å². The van der Waals surface area contributed by atoms with E-state index in [9.17, 15) is 0 Å². The highest BCUT2D eigenvalue weighted by molar-refractivity contribution is 5.30. The predicted molar refractivity (Wildman–Crippen MR) is 70.5 cm³/mol. The van der Waals surface area contributed by atoms with Gasteiger partial charge in [0, 0.05) is 0 Å². The summed E-state index contributed by atoms with van der Waals surface area (Å²) >= 11 is 0. The monoisotopic (exact) mass is 215 g/mol. The van der Waals surface area contributed by atoms with Crippen LogP contribution in [0.5, 0.6) is 0 Å². The minimum Gasteiger partial charge on any atom is -0.0617 e. The summed E-state index contributed by atoms with van der Waals surface area (Å²) in [5.74, 6) is 0. The van der Waals surface area contributed by atoms with Gasteiger partial charge in [0.05, 0.1) is 0 Å². The predicted octanol–water partition coefficient (Wildman–Crippen LogP) is 4.81. The molecule has 1 fully saturated rings. The highest BCUT2D eigenvalue weighted by Crippen LogP contribution is 2.43. The van der Waals surface area contributed by atoms with Gasteiger partial charge in [-0.1, -0.05) is 62.4 Å². The molecule has 1 saturated carbocycles. The van der Waals surface area contributed by atoms with E-state index in [1.165, 1.54) is 44.1 Å². The normalized spacial score (nSPS) is 19.6. The van der Waals surface area contributed by atoms with Gasteiger partial charge in [0.1, 0.15) is 0 Å². The van der Waals surface area contributed by atoms with E-state index in [4.69, 9.17) is 0 Å². The second-order valence-corrected chi connectivity index (χ2v) is 5.31. The van der Waals surface area contributed by atoms with E-state index in [1.807, 2.05) is 0 Å². The average molecular weight is 215 g/mol. The van der Waals surface area contributed by atoms with Crippen molar-refractivity contribution in [2.75, 3.05) is 0 Å². The Morgan fingerprint density at radius 2 is 1.94 bits per heavy atom. The zero-order chi connectivity index (χ0) is 11.4. The first-order valence-corrected chi connectivity index (χ1v) is 6.63. The molecule has 0 nitrogen and oxygen atoms in total. The number of rotatable bonds is 3. The van der Waals surface area contributed by atoms with Crippen molar-refractivity contribution in [3.8, 4) is 0 Å². The second kappa shape index (κ2) is 5.03. The van der Waals surface area contributed by atoms with Crippen LogP contribution < -0.4 is 0 Å². The zero-order valence-electron chi connectivity index (χ0n) is 10.5. The van der Waals surface area contributed by atoms with Gasteiger partial charge in [-0.25, -0.2) is 0 Å². The molecule has 0 aromatic heterocycles. The molecule has 0 bridgehead atoms. The van der Waals surface area contributed by atoms with E-state index in [0.29, 0.717) is 5.41 Å². The van der Waals surface area contributed by atoms with Gasteiger partial charge in [-0.2, -0.15) is 0 Å². The second-order valence-electron chi connectivity index (χ2n) is 5.31. The Bertz CT molecular complexity index is 326. The molecule has 0 atom stereocenters. The van der Waals surface area contributed by atoms with Crippen LogP contribution in [0.25, 0.3) is 0 Å². The van der Waals surface area contributed by atoms with Crippen molar-refractivity contribution in [3.63, 3.8) is 0 Å². The van der Waals surface area contributed by atoms with Crippen LogP contribution in [0, 0.1) is 13.8 Å². The Hall–Kier alpha value is -0.780. The fourth-order valence-electron chi connectivity index (χ4n) is 3.22. The molecule has 1 aliphatic rings. The lowest BCUT2D eigenvalue weighted by molar-refractivity contribution is 0.275. The molecule has 0 saturated heterocycles. The zero-order valence-corrected chi connectivity index (χ0v) is 10.5. The van der Waals surface area contributed by atoms with Gasteiger partial charge in [0.2, 0.25) is 0 Å². The fraction of sp³-hybridized carbons (Fsp3) is 0.562. The van der Waals surface area contributed by atoms with Crippen LogP contribution in [0.4, 0.5) is 0 Å². The fourth-order valence-corrected chi connectivity index (χ4v) is 3.22. The number of benzene rings is 1. The lowest BCUT2D eigenvalue weighted by atomic mass is 9.67. The minimum atomic E-state index is 0.450. The van der Waals surface area contributed by atoms with E-state index in [2.05, 4.69) is 38.1 Å². The maximum atomic E-state index is 4.07. The third kappa shape index (κ3) is 2.31. The topological polar surface area (TPSA) is 0 Å². The molecule has 2 rings (SSSR count). The Labute approximate surface area is 100 Å². The first-order valence-electron chi connectivity index (χ1n) is 6.63. The van der Waals surface area contributed by atoms with Crippen LogP contribution in [0.2, 0.25) is 0 Å². The summed E-state index contributed by atoms with van der Waals surface area (Å²) in [6, 6.07) is 9.13.